The maximum absolute atomic E-state index is 13.0. The maximum atomic E-state index is 13.0. The van der Waals surface area contributed by atoms with E-state index in [0.29, 0.717) is 25.2 Å². The summed E-state index contributed by atoms with van der Waals surface area (Å²) in [6.45, 7) is 1.20. The first-order valence-corrected chi connectivity index (χ1v) is 8.33. The molecule has 7 nitrogen and oxygen atoms in total. The van der Waals surface area contributed by atoms with Crippen molar-refractivity contribution in [3.05, 3.63) is 52.6 Å². The molecule has 0 spiro atoms. The number of hydrogen-bond acceptors (Lipinski definition) is 4. The highest BCUT2D eigenvalue weighted by atomic mass is 19.1. The number of ether oxygens (including phenoxy) is 1. The zero-order valence-electron chi connectivity index (χ0n) is 14.8. The molecule has 0 aliphatic carbocycles. The molecule has 1 N–H and O–H groups in total. The topological polar surface area (TPSA) is 76.5 Å². The predicted molar refractivity (Wildman–Crippen MR) is 91.8 cm³/mol. The summed E-state index contributed by atoms with van der Waals surface area (Å²) in [5.41, 5.74) is 2.83. The van der Waals surface area contributed by atoms with Gasteiger partial charge >= 0.3 is 0 Å². The van der Waals surface area contributed by atoms with Gasteiger partial charge in [0.25, 0.3) is 5.91 Å². The number of benzene rings is 1. The number of methoxy groups -OCH3 is 1. The molecular weight excluding hydrogens is 339 g/mol. The monoisotopic (exact) mass is 360 g/mol. The minimum atomic E-state index is -0.320. The highest BCUT2D eigenvalue weighted by Gasteiger charge is 2.29. The fourth-order valence-corrected chi connectivity index (χ4v) is 3.07. The van der Waals surface area contributed by atoms with E-state index < -0.39 is 0 Å². The highest BCUT2D eigenvalue weighted by molar-refractivity contribution is 5.94. The Morgan fingerprint density at radius 1 is 1.31 bits per heavy atom. The standard InChI is InChI=1S/C18H21FN4O3/c1-22-15-7-8-23(16(24)11-26-2)10-14(15)17(21-22)18(25)20-9-12-3-5-13(19)6-4-12/h3-6H,7-11H2,1-2H3,(H,20,25). The summed E-state index contributed by atoms with van der Waals surface area (Å²) < 4.78 is 19.6. The van der Waals surface area contributed by atoms with E-state index in [-0.39, 0.29) is 30.8 Å². The van der Waals surface area contributed by atoms with E-state index in [4.69, 9.17) is 4.74 Å². The zero-order chi connectivity index (χ0) is 18.7. The van der Waals surface area contributed by atoms with Crippen molar-refractivity contribution in [2.24, 2.45) is 7.05 Å². The van der Waals surface area contributed by atoms with Crippen LogP contribution in [0, 0.1) is 5.82 Å². The Hall–Kier alpha value is -2.74. The molecule has 0 bridgehead atoms. The lowest BCUT2D eigenvalue weighted by Crippen LogP contribution is -2.39. The van der Waals surface area contributed by atoms with Crippen molar-refractivity contribution in [1.29, 1.82) is 0 Å². The van der Waals surface area contributed by atoms with Crippen molar-refractivity contribution in [3.63, 3.8) is 0 Å². The van der Waals surface area contributed by atoms with Gasteiger partial charge in [-0.15, -0.1) is 0 Å². The van der Waals surface area contributed by atoms with Crippen molar-refractivity contribution in [2.45, 2.75) is 19.5 Å². The highest BCUT2D eigenvalue weighted by Crippen LogP contribution is 2.22. The molecule has 1 aromatic carbocycles. The Labute approximate surface area is 150 Å². The molecule has 2 aromatic rings. The van der Waals surface area contributed by atoms with Gasteiger partial charge in [-0.25, -0.2) is 4.39 Å². The van der Waals surface area contributed by atoms with Gasteiger partial charge in [0.15, 0.2) is 5.69 Å². The molecule has 0 saturated heterocycles. The van der Waals surface area contributed by atoms with E-state index >= 15 is 0 Å². The van der Waals surface area contributed by atoms with Gasteiger partial charge in [0.05, 0.1) is 0 Å². The molecule has 138 valence electrons. The lowest BCUT2D eigenvalue weighted by Gasteiger charge is -2.27. The van der Waals surface area contributed by atoms with Crippen LogP contribution in [-0.2, 0) is 36.1 Å². The number of nitrogens with zero attached hydrogens (tertiary/aromatic N) is 3. The number of carbonyl (C=O) groups is 2. The third-order valence-electron chi connectivity index (χ3n) is 4.44. The van der Waals surface area contributed by atoms with Crippen LogP contribution in [0.15, 0.2) is 24.3 Å². The van der Waals surface area contributed by atoms with Gasteiger partial charge in [0.2, 0.25) is 5.91 Å². The number of rotatable bonds is 5. The van der Waals surface area contributed by atoms with Crippen LogP contribution in [0.3, 0.4) is 0 Å². The molecule has 0 atom stereocenters. The molecule has 1 aromatic heterocycles. The molecule has 0 fully saturated rings. The SMILES string of the molecule is COCC(=O)N1CCc2c(c(C(=O)NCc3ccc(F)cc3)nn2C)C1. The summed E-state index contributed by atoms with van der Waals surface area (Å²) in [6.07, 6.45) is 0.638. The van der Waals surface area contributed by atoms with Gasteiger partial charge in [0.1, 0.15) is 12.4 Å². The quantitative estimate of drug-likeness (QED) is 0.864. The van der Waals surface area contributed by atoms with Crippen molar-refractivity contribution < 1.29 is 18.7 Å². The van der Waals surface area contributed by atoms with Gasteiger partial charge in [-0.1, -0.05) is 12.1 Å². The second-order valence-corrected chi connectivity index (χ2v) is 6.20. The molecule has 0 radical (unpaired) electrons. The van der Waals surface area contributed by atoms with Crippen LogP contribution in [0.2, 0.25) is 0 Å². The number of aryl methyl sites for hydroxylation is 1. The first kappa shape index (κ1) is 18.1. The fraction of sp³-hybridized carbons (Fsp3) is 0.389. The number of carbonyl (C=O) groups excluding carboxylic acids is 2. The van der Waals surface area contributed by atoms with Gasteiger partial charge in [0, 0.05) is 51.5 Å². The minimum absolute atomic E-state index is 0.0156. The van der Waals surface area contributed by atoms with Crippen LogP contribution in [0.5, 0.6) is 0 Å². The summed E-state index contributed by atoms with van der Waals surface area (Å²) in [7, 11) is 3.27. The Kier molecular flexibility index (Phi) is 5.32. The molecular formula is C18H21FN4O3. The summed E-state index contributed by atoms with van der Waals surface area (Å²) >= 11 is 0. The van der Waals surface area contributed by atoms with Crippen LogP contribution in [0.1, 0.15) is 27.3 Å². The third kappa shape index (κ3) is 3.75. The number of nitrogens with one attached hydrogen (secondary N) is 1. The molecule has 26 heavy (non-hydrogen) atoms. The Morgan fingerprint density at radius 3 is 2.73 bits per heavy atom. The van der Waals surface area contributed by atoms with Gasteiger partial charge in [-0.2, -0.15) is 5.10 Å². The second-order valence-electron chi connectivity index (χ2n) is 6.20. The van der Waals surface area contributed by atoms with Crippen molar-refractivity contribution in [1.82, 2.24) is 20.0 Å². The first-order valence-electron chi connectivity index (χ1n) is 8.33. The lowest BCUT2D eigenvalue weighted by atomic mass is 10.0. The number of halogens is 1. The summed E-state index contributed by atoms with van der Waals surface area (Å²) in [5, 5.41) is 7.14. The number of aromatic nitrogens is 2. The van der Waals surface area contributed by atoms with Gasteiger partial charge in [-0.05, 0) is 17.7 Å². The van der Waals surface area contributed by atoms with Gasteiger partial charge in [-0.3, -0.25) is 14.3 Å². The zero-order valence-corrected chi connectivity index (χ0v) is 14.8. The fourth-order valence-electron chi connectivity index (χ4n) is 3.07. The maximum Gasteiger partial charge on any atom is 0.272 e. The molecule has 8 heteroatoms. The van der Waals surface area contributed by atoms with Crippen molar-refractivity contribution >= 4 is 11.8 Å². The summed E-state index contributed by atoms with van der Waals surface area (Å²) in [5.74, 6) is -0.744. The molecule has 2 amide bonds. The van der Waals surface area contributed by atoms with E-state index in [9.17, 15) is 14.0 Å². The number of hydrogen-bond donors (Lipinski definition) is 1. The van der Waals surface area contributed by atoms with Crippen LogP contribution in [-0.4, -0.2) is 46.8 Å². The average Bonchev–Trinajstić information content (AvgIpc) is 2.97. The van der Waals surface area contributed by atoms with Crippen molar-refractivity contribution in [2.75, 3.05) is 20.3 Å². The Balaban J connectivity index is 1.73. The predicted octanol–water partition coefficient (Wildman–Crippen LogP) is 1.02. The first-order chi connectivity index (χ1) is 12.5. The van der Waals surface area contributed by atoms with Crippen molar-refractivity contribution in [3.8, 4) is 0 Å². The normalized spacial score (nSPS) is 13.4. The van der Waals surface area contributed by atoms with Crippen LogP contribution in [0.25, 0.3) is 0 Å². The Morgan fingerprint density at radius 2 is 2.04 bits per heavy atom. The van der Waals surface area contributed by atoms with E-state index in [1.807, 2.05) is 0 Å². The molecule has 0 saturated carbocycles. The summed E-state index contributed by atoms with van der Waals surface area (Å²) in [4.78, 5) is 26.3. The third-order valence-corrected chi connectivity index (χ3v) is 4.44. The van der Waals surface area contributed by atoms with E-state index in [2.05, 4.69) is 10.4 Å². The molecule has 1 aliphatic heterocycles. The molecule has 2 heterocycles. The van der Waals surface area contributed by atoms with E-state index in [1.54, 1.807) is 28.8 Å². The Bertz CT molecular complexity index is 817. The van der Waals surface area contributed by atoms with E-state index in [0.717, 1.165) is 16.8 Å². The molecule has 3 rings (SSSR count). The summed E-state index contributed by atoms with van der Waals surface area (Å²) in [6, 6.07) is 5.94. The van der Waals surface area contributed by atoms with Crippen LogP contribution >= 0.6 is 0 Å². The number of amides is 2. The number of fused-ring (bicyclic) bond motifs is 1. The smallest absolute Gasteiger partial charge is 0.272 e. The van der Waals surface area contributed by atoms with Crippen LogP contribution in [0.4, 0.5) is 4.39 Å². The largest absolute Gasteiger partial charge is 0.375 e. The minimum Gasteiger partial charge on any atom is -0.375 e. The van der Waals surface area contributed by atoms with Crippen LogP contribution < -0.4 is 5.32 Å². The van der Waals surface area contributed by atoms with E-state index in [1.165, 1.54) is 19.2 Å². The second kappa shape index (κ2) is 7.65. The lowest BCUT2D eigenvalue weighted by molar-refractivity contribution is -0.136. The average molecular weight is 360 g/mol. The molecule has 0 unspecified atom stereocenters. The van der Waals surface area contributed by atoms with Gasteiger partial charge < -0.3 is 15.0 Å². The molecule has 1 aliphatic rings.